The van der Waals surface area contributed by atoms with Gasteiger partial charge in [0.1, 0.15) is 0 Å². The van der Waals surface area contributed by atoms with E-state index in [9.17, 15) is 4.79 Å². The average molecular weight is 421 g/mol. The van der Waals surface area contributed by atoms with E-state index in [1.807, 2.05) is 12.1 Å². The molecule has 1 fully saturated rings. The molecule has 3 aromatic carbocycles. The lowest BCUT2D eigenvalue weighted by atomic mass is 9.89. The van der Waals surface area contributed by atoms with Crippen molar-refractivity contribution in [2.75, 3.05) is 0 Å². The van der Waals surface area contributed by atoms with Gasteiger partial charge in [0.25, 0.3) is 5.91 Å². The number of benzene rings is 3. The minimum atomic E-state index is -0.0527. The Kier molecular flexibility index (Phi) is 4.64. The molecule has 1 saturated carbocycles. The van der Waals surface area contributed by atoms with Crippen LogP contribution in [0.15, 0.2) is 78.9 Å². The normalized spacial score (nSPS) is 19.0. The van der Waals surface area contributed by atoms with Crippen LogP contribution < -0.4 is 0 Å². The summed E-state index contributed by atoms with van der Waals surface area (Å²) in [7, 11) is 2.15. The van der Waals surface area contributed by atoms with Crippen LogP contribution in [0.1, 0.15) is 59.6 Å². The minimum absolute atomic E-state index is 0.0527. The van der Waals surface area contributed by atoms with Crippen LogP contribution in [-0.4, -0.2) is 21.4 Å². The monoisotopic (exact) mass is 420 g/mol. The van der Waals surface area contributed by atoms with E-state index < -0.39 is 0 Å². The van der Waals surface area contributed by atoms with Gasteiger partial charge in [-0.15, -0.1) is 0 Å². The summed E-state index contributed by atoms with van der Waals surface area (Å²) in [5.74, 6) is 0.199. The van der Waals surface area contributed by atoms with Gasteiger partial charge in [0.15, 0.2) is 0 Å². The fraction of sp³-hybridized carbons (Fsp3) is 0.276. The van der Waals surface area contributed by atoms with E-state index in [-0.39, 0.29) is 11.9 Å². The van der Waals surface area contributed by atoms with Crippen LogP contribution in [0.2, 0.25) is 0 Å². The smallest absolute Gasteiger partial charge is 0.255 e. The van der Waals surface area contributed by atoms with E-state index in [0.29, 0.717) is 6.04 Å². The van der Waals surface area contributed by atoms with E-state index >= 15 is 0 Å². The third kappa shape index (κ3) is 2.84. The SMILES string of the molecule is Cn1c(-c2ccccc2)c([C@@H]2c3ccccc3C(=O)N2C2CCCCC2)c2ccccc21. The molecule has 32 heavy (non-hydrogen) atoms. The topological polar surface area (TPSA) is 25.2 Å². The number of aryl methyl sites for hydroxylation is 1. The van der Waals surface area contributed by atoms with E-state index in [2.05, 4.69) is 83.2 Å². The molecule has 160 valence electrons. The first kappa shape index (κ1) is 19.4. The van der Waals surface area contributed by atoms with Gasteiger partial charge >= 0.3 is 0 Å². The number of carbonyl (C=O) groups excluding carboxylic acids is 1. The van der Waals surface area contributed by atoms with Crippen molar-refractivity contribution in [1.29, 1.82) is 0 Å². The highest BCUT2D eigenvalue weighted by atomic mass is 16.2. The molecule has 2 heterocycles. The molecule has 1 amide bonds. The van der Waals surface area contributed by atoms with Crippen LogP contribution in [0.4, 0.5) is 0 Å². The Hall–Kier alpha value is -3.33. The van der Waals surface area contributed by atoms with Crippen molar-refractivity contribution in [1.82, 2.24) is 9.47 Å². The van der Waals surface area contributed by atoms with Gasteiger partial charge in [-0.3, -0.25) is 4.79 Å². The Morgan fingerprint density at radius 2 is 1.47 bits per heavy atom. The van der Waals surface area contributed by atoms with E-state index in [0.717, 1.165) is 24.0 Å². The van der Waals surface area contributed by atoms with Gasteiger partial charge in [0.05, 0.1) is 11.7 Å². The zero-order valence-electron chi connectivity index (χ0n) is 18.5. The highest BCUT2D eigenvalue weighted by molar-refractivity contribution is 6.02. The molecule has 0 bridgehead atoms. The molecular weight excluding hydrogens is 392 g/mol. The Labute approximate surface area is 189 Å². The van der Waals surface area contributed by atoms with Gasteiger partial charge in [0, 0.05) is 35.1 Å². The number of aromatic nitrogens is 1. The lowest BCUT2D eigenvalue weighted by molar-refractivity contribution is 0.0613. The summed E-state index contributed by atoms with van der Waals surface area (Å²) in [5, 5.41) is 1.24. The molecule has 1 aliphatic carbocycles. The molecule has 0 N–H and O–H groups in total. The quantitative estimate of drug-likeness (QED) is 0.361. The largest absolute Gasteiger partial charge is 0.343 e. The highest BCUT2D eigenvalue weighted by Gasteiger charge is 2.43. The average Bonchev–Trinajstić information content (AvgIpc) is 3.31. The maximum atomic E-state index is 13.8. The Bertz CT molecular complexity index is 1300. The van der Waals surface area contributed by atoms with Gasteiger partial charge in [-0.2, -0.15) is 0 Å². The maximum Gasteiger partial charge on any atom is 0.255 e. The van der Waals surface area contributed by atoms with E-state index in [1.54, 1.807) is 0 Å². The molecular formula is C29H28N2O. The molecule has 0 saturated heterocycles. The number of rotatable bonds is 3. The van der Waals surface area contributed by atoms with Crippen molar-refractivity contribution in [2.45, 2.75) is 44.2 Å². The third-order valence-electron chi connectivity index (χ3n) is 7.43. The number of nitrogens with zero attached hydrogens (tertiary/aromatic N) is 2. The molecule has 6 rings (SSSR count). The molecule has 0 radical (unpaired) electrons. The number of carbonyl (C=O) groups is 1. The summed E-state index contributed by atoms with van der Waals surface area (Å²) in [6.07, 6.45) is 5.89. The van der Waals surface area contributed by atoms with Crippen LogP contribution in [0, 0.1) is 0 Å². The van der Waals surface area contributed by atoms with Crippen molar-refractivity contribution < 1.29 is 4.79 Å². The molecule has 1 atom stereocenters. The van der Waals surface area contributed by atoms with Crippen LogP contribution in [0.5, 0.6) is 0 Å². The molecule has 1 aromatic heterocycles. The Balaban J connectivity index is 1.65. The first-order chi connectivity index (χ1) is 15.8. The summed E-state index contributed by atoms with van der Waals surface area (Å²) in [6, 6.07) is 27.8. The highest BCUT2D eigenvalue weighted by Crippen LogP contribution is 2.48. The third-order valence-corrected chi connectivity index (χ3v) is 7.43. The van der Waals surface area contributed by atoms with Crippen molar-refractivity contribution in [3.8, 4) is 11.3 Å². The molecule has 0 spiro atoms. The van der Waals surface area contributed by atoms with Crippen LogP contribution in [0.25, 0.3) is 22.2 Å². The van der Waals surface area contributed by atoms with Crippen LogP contribution >= 0.6 is 0 Å². The van der Waals surface area contributed by atoms with E-state index in [4.69, 9.17) is 0 Å². The van der Waals surface area contributed by atoms with Gasteiger partial charge in [-0.25, -0.2) is 0 Å². The second kappa shape index (κ2) is 7.67. The number of amides is 1. The number of para-hydroxylation sites is 1. The van der Waals surface area contributed by atoms with Gasteiger partial charge in [0.2, 0.25) is 0 Å². The number of hydrogen-bond acceptors (Lipinski definition) is 1. The first-order valence-corrected chi connectivity index (χ1v) is 11.8. The summed E-state index contributed by atoms with van der Waals surface area (Å²) >= 11 is 0. The summed E-state index contributed by atoms with van der Waals surface area (Å²) < 4.78 is 2.31. The van der Waals surface area contributed by atoms with Crippen molar-refractivity contribution in [3.05, 3.63) is 95.6 Å². The van der Waals surface area contributed by atoms with Crippen LogP contribution in [-0.2, 0) is 7.05 Å². The summed E-state index contributed by atoms with van der Waals surface area (Å²) in [6.45, 7) is 0. The standard InChI is InChI=1S/C29H28N2O/c1-30-25-19-11-10-18-24(25)26(27(30)20-12-4-2-5-13-20)28-22-16-8-9-17-23(22)29(32)31(28)21-14-6-3-7-15-21/h2,4-5,8-13,16-19,21,28H,3,6-7,14-15H2,1H3/t28-/m0/s1. The number of hydrogen-bond donors (Lipinski definition) is 0. The second-order valence-corrected chi connectivity index (χ2v) is 9.20. The predicted molar refractivity (Wildman–Crippen MR) is 130 cm³/mol. The molecule has 4 aromatic rings. The van der Waals surface area contributed by atoms with Crippen molar-refractivity contribution >= 4 is 16.8 Å². The maximum absolute atomic E-state index is 13.8. The van der Waals surface area contributed by atoms with Gasteiger partial charge in [-0.05, 0) is 36.1 Å². The lowest BCUT2D eigenvalue weighted by Gasteiger charge is -2.36. The van der Waals surface area contributed by atoms with E-state index in [1.165, 1.54) is 47.0 Å². The molecule has 3 heteroatoms. The van der Waals surface area contributed by atoms with Gasteiger partial charge < -0.3 is 9.47 Å². The second-order valence-electron chi connectivity index (χ2n) is 9.20. The molecule has 1 aliphatic heterocycles. The lowest BCUT2D eigenvalue weighted by Crippen LogP contribution is -2.40. The fourth-order valence-corrected chi connectivity index (χ4v) is 6.01. The van der Waals surface area contributed by atoms with Crippen molar-refractivity contribution in [2.24, 2.45) is 7.05 Å². The summed E-state index contributed by atoms with van der Waals surface area (Å²) in [4.78, 5) is 16.0. The zero-order chi connectivity index (χ0) is 21.7. The first-order valence-electron chi connectivity index (χ1n) is 11.8. The van der Waals surface area contributed by atoms with Crippen LogP contribution in [0.3, 0.4) is 0 Å². The van der Waals surface area contributed by atoms with Crippen molar-refractivity contribution in [3.63, 3.8) is 0 Å². The molecule has 2 aliphatic rings. The Morgan fingerprint density at radius 1 is 0.781 bits per heavy atom. The molecule has 3 nitrogen and oxygen atoms in total. The zero-order valence-corrected chi connectivity index (χ0v) is 18.5. The van der Waals surface area contributed by atoms with Gasteiger partial charge in [-0.1, -0.05) is 86.0 Å². The predicted octanol–water partition coefficient (Wildman–Crippen LogP) is 6.72. The molecule has 0 unspecified atom stereocenters. The minimum Gasteiger partial charge on any atom is -0.343 e. The summed E-state index contributed by atoms with van der Waals surface area (Å²) in [5.41, 5.74) is 6.90. The number of fused-ring (bicyclic) bond motifs is 2. The fourth-order valence-electron chi connectivity index (χ4n) is 6.01. The Morgan fingerprint density at radius 3 is 2.28 bits per heavy atom.